The number of rotatable bonds is 6. The summed E-state index contributed by atoms with van der Waals surface area (Å²) in [6.45, 7) is 0.127. The minimum Gasteiger partial charge on any atom is -0.382 e. The second kappa shape index (κ2) is 7.07. The Hall–Kier alpha value is -2.30. The number of nitrogens with one attached hydrogen (secondary N) is 1. The molecule has 1 heterocycles. The average molecular weight is 356 g/mol. The largest absolute Gasteiger partial charge is 0.382 e. The smallest absolute Gasteiger partial charge is 0.254 e. The highest BCUT2D eigenvalue weighted by atomic mass is 32.2. The van der Waals surface area contributed by atoms with Crippen molar-refractivity contribution >= 4 is 15.9 Å². The van der Waals surface area contributed by atoms with Gasteiger partial charge in [-0.1, -0.05) is 0 Å². The first-order valence-electron chi connectivity index (χ1n) is 6.84. The van der Waals surface area contributed by atoms with Crippen LogP contribution in [0.5, 0.6) is 0 Å². The predicted octanol–water partition coefficient (Wildman–Crippen LogP) is 0.324. The van der Waals surface area contributed by atoms with Gasteiger partial charge in [-0.25, -0.2) is 17.9 Å². The lowest BCUT2D eigenvalue weighted by Gasteiger charge is -2.18. The van der Waals surface area contributed by atoms with E-state index in [1.54, 1.807) is 24.0 Å². The van der Waals surface area contributed by atoms with E-state index >= 15 is 0 Å². The van der Waals surface area contributed by atoms with E-state index in [0.29, 0.717) is 5.69 Å². The Balaban J connectivity index is 2.32. The van der Waals surface area contributed by atoms with E-state index in [0.717, 1.165) is 18.2 Å². The summed E-state index contributed by atoms with van der Waals surface area (Å²) in [5.41, 5.74) is 0.220. The topological polar surface area (TPSA) is 116 Å². The molecule has 1 amide bonds. The van der Waals surface area contributed by atoms with Crippen LogP contribution in [-0.2, 0) is 21.8 Å². The van der Waals surface area contributed by atoms with Crippen LogP contribution in [0.1, 0.15) is 22.1 Å². The maximum Gasteiger partial charge on any atom is 0.254 e. The summed E-state index contributed by atoms with van der Waals surface area (Å²) < 4.78 is 43.3. The molecule has 1 atom stereocenters. The molecule has 1 aromatic heterocycles. The van der Waals surface area contributed by atoms with Crippen molar-refractivity contribution in [1.29, 1.82) is 0 Å². The van der Waals surface area contributed by atoms with Gasteiger partial charge in [-0.05, 0) is 24.3 Å². The highest BCUT2D eigenvalue weighted by Crippen LogP contribution is 2.17. The highest BCUT2D eigenvalue weighted by molar-refractivity contribution is 7.89. The molecule has 1 aromatic carbocycles. The van der Waals surface area contributed by atoms with Gasteiger partial charge in [-0.15, -0.1) is 0 Å². The fraction of sp³-hybridized carbons (Fsp3) is 0.286. The molecule has 0 aliphatic carbocycles. The number of primary sulfonamides is 1. The lowest BCUT2D eigenvalue weighted by atomic mass is 10.1. The number of hydrogen-bond donors (Lipinski definition) is 2. The van der Waals surface area contributed by atoms with E-state index in [2.05, 4.69) is 10.4 Å². The van der Waals surface area contributed by atoms with Crippen molar-refractivity contribution in [2.45, 2.75) is 10.9 Å². The number of nitrogens with zero attached hydrogens (tertiary/aromatic N) is 2. The van der Waals surface area contributed by atoms with Crippen molar-refractivity contribution in [3.8, 4) is 0 Å². The number of carbonyl (C=O) groups is 1. The normalized spacial score (nSPS) is 12.8. The summed E-state index contributed by atoms with van der Waals surface area (Å²) in [6.07, 6.45) is 1.55. The van der Waals surface area contributed by atoms with Crippen molar-refractivity contribution < 1.29 is 22.3 Å². The first kappa shape index (κ1) is 18.0. The van der Waals surface area contributed by atoms with Gasteiger partial charge in [0, 0.05) is 20.4 Å². The van der Waals surface area contributed by atoms with E-state index in [9.17, 15) is 17.6 Å². The summed E-state index contributed by atoms with van der Waals surface area (Å²) in [6, 6.07) is 3.86. The SMILES string of the molecule is COCC(NC(=O)c1cc(S(N)(=O)=O)ccc1F)c1ccnn1C. The van der Waals surface area contributed by atoms with Crippen LogP contribution >= 0.6 is 0 Å². The number of halogens is 1. The van der Waals surface area contributed by atoms with Gasteiger partial charge < -0.3 is 10.1 Å². The minimum absolute atomic E-state index is 0.127. The standard InChI is InChI=1S/C14H17FN4O4S/c1-19-13(5-6-17-19)12(8-23-2)18-14(20)10-7-9(24(16,21)22)3-4-11(10)15/h3-7,12H,8H2,1-2H3,(H,18,20)(H2,16,21,22). The van der Waals surface area contributed by atoms with E-state index in [-0.39, 0.29) is 11.5 Å². The van der Waals surface area contributed by atoms with E-state index in [4.69, 9.17) is 9.88 Å². The summed E-state index contributed by atoms with van der Waals surface area (Å²) in [5, 5.41) is 11.6. The summed E-state index contributed by atoms with van der Waals surface area (Å²) in [7, 11) is -0.907. The van der Waals surface area contributed by atoms with E-state index in [1.165, 1.54) is 7.11 Å². The Labute approximate surface area is 138 Å². The summed E-state index contributed by atoms with van der Waals surface area (Å²) >= 11 is 0. The number of hydrogen-bond acceptors (Lipinski definition) is 5. The molecule has 130 valence electrons. The van der Waals surface area contributed by atoms with E-state index in [1.807, 2.05) is 0 Å². The second-order valence-corrected chi connectivity index (χ2v) is 6.61. The molecule has 10 heteroatoms. The molecule has 1 unspecified atom stereocenters. The van der Waals surface area contributed by atoms with Gasteiger partial charge in [-0.3, -0.25) is 9.48 Å². The van der Waals surface area contributed by atoms with Crippen LogP contribution < -0.4 is 10.5 Å². The number of methoxy groups -OCH3 is 1. The third-order valence-corrected chi connectivity index (χ3v) is 4.28. The van der Waals surface area contributed by atoms with Gasteiger partial charge in [0.25, 0.3) is 5.91 Å². The molecule has 0 spiro atoms. The first-order chi connectivity index (χ1) is 11.2. The Morgan fingerprint density at radius 1 is 1.46 bits per heavy atom. The molecule has 0 radical (unpaired) electrons. The Kier molecular flexibility index (Phi) is 5.32. The molecule has 3 N–H and O–H groups in total. The fourth-order valence-electron chi connectivity index (χ4n) is 2.18. The van der Waals surface area contributed by atoms with Crippen LogP contribution in [0.3, 0.4) is 0 Å². The van der Waals surface area contributed by atoms with Gasteiger partial charge in [0.15, 0.2) is 0 Å². The van der Waals surface area contributed by atoms with Gasteiger partial charge in [0.2, 0.25) is 10.0 Å². The third kappa shape index (κ3) is 3.96. The van der Waals surface area contributed by atoms with Crippen LogP contribution in [0, 0.1) is 5.82 Å². The molecule has 0 saturated heterocycles. The molecule has 24 heavy (non-hydrogen) atoms. The maximum atomic E-state index is 13.9. The Bertz CT molecular complexity index is 850. The molecule has 2 aromatic rings. The van der Waals surface area contributed by atoms with Crippen LogP contribution in [0.25, 0.3) is 0 Å². The lowest BCUT2D eigenvalue weighted by Crippen LogP contribution is -2.33. The van der Waals surface area contributed by atoms with Crippen molar-refractivity contribution in [3.05, 3.63) is 47.5 Å². The zero-order valence-corrected chi connectivity index (χ0v) is 13.9. The zero-order chi connectivity index (χ0) is 17.9. The molecule has 0 fully saturated rings. The third-order valence-electron chi connectivity index (χ3n) is 3.37. The molecule has 2 rings (SSSR count). The molecular formula is C14H17FN4O4S. The average Bonchev–Trinajstić information content (AvgIpc) is 2.92. The van der Waals surface area contributed by atoms with Crippen molar-refractivity contribution in [2.24, 2.45) is 12.2 Å². The number of ether oxygens (including phenoxy) is 1. The molecule has 0 aliphatic rings. The van der Waals surface area contributed by atoms with Crippen molar-refractivity contribution in [3.63, 3.8) is 0 Å². The second-order valence-electron chi connectivity index (χ2n) is 5.05. The number of carbonyl (C=O) groups excluding carboxylic acids is 1. The Morgan fingerprint density at radius 3 is 2.71 bits per heavy atom. The van der Waals surface area contributed by atoms with Crippen LogP contribution in [0.2, 0.25) is 0 Å². The lowest BCUT2D eigenvalue weighted by molar-refractivity contribution is 0.0888. The zero-order valence-electron chi connectivity index (χ0n) is 13.1. The van der Waals surface area contributed by atoms with Crippen LogP contribution in [0.4, 0.5) is 4.39 Å². The highest BCUT2D eigenvalue weighted by Gasteiger charge is 2.22. The first-order valence-corrected chi connectivity index (χ1v) is 8.38. The van der Waals surface area contributed by atoms with Gasteiger partial charge in [-0.2, -0.15) is 5.10 Å². The number of benzene rings is 1. The molecule has 0 aliphatic heterocycles. The molecular weight excluding hydrogens is 339 g/mol. The minimum atomic E-state index is -4.05. The fourth-order valence-corrected chi connectivity index (χ4v) is 2.72. The van der Waals surface area contributed by atoms with E-state index < -0.39 is 33.4 Å². The number of aromatic nitrogens is 2. The maximum absolute atomic E-state index is 13.9. The van der Waals surface area contributed by atoms with Crippen LogP contribution in [0.15, 0.2) is 35.4 Å². The van der Waals surface area contributed by atoms with Crippen LogP contribution in [-0.4, -0.2) is 37.8 Å². The summed E-state index contributed by atoms with van der Waals surface area (Å²) in [4.78, 5) is 12.0. The molecule has 8 nitrogen and oxygen atoms in total. The number of amides is 1. The monoisotopic (exact) mass is 356 g/mol. The quantitative estimate of drug-likeness (QED) is 0.773. The number of sulfonamides is 1. The Morgan fingerprint density at radius 2 is 2.17 bits per heavy atom. The predicted molar refractivity (Wildman–Crippen MR) is 83.1 cm³/mol. The summed E-state index contributed by atoms with van der Waals surface area (Å²) in [5.74, 6) is -1.65. The molecule has 0 bridgehead atoms. The van der Waals surface area contributed by atoms with Crippen molar-refractivity contribution in [1.82, 2.24) is 15.1 Å². The number of aryl methyl sites for hydroxylation is 1. The van der Waals surface area contributed by atoms with Gasteiger partial charge in [0.1, 0.15) is 5.82 Å². The number of nitrogens with two attached hydrogens (primary N) is 1. The van der Waals surface area contributed by atoms with Gasteiger partial charge in [0.05, 0.1) is 28.8 Å². The van der Waals surface area contributed by atoms with Crippen molar-refractivity contribution in [2.75, 3.05) is 13.7 Å². The molecule has 0 saturated carbocycles. The van der Waals surface area contributed by atoms with Gasteiger partial charge >= 0.3 is 0 Å².